The second kappa shape index (κ2) is 10.0. The Hall–Kier alpha value is -3.68. The summed E-state index contributed by atoms with van der Waals surface area (Å²) in [5.41, 5.74) is 0.976. The zero-order valence-corrected chi connectivity index (χ0v) is 16.5. The molecule has 0 N–H and O–H groups in total. The molecule has 0 heterocycles. The molecule has 8 nitrogen and oxygen atoms in total. The Morgan fingerprint density at radius 1 is 1.07 bits per heavy atom. The number of likely N-dealkylation sites (N-methyl/N-ethyl adjacent to an activating group) is 1. The summed E-state index contributed by atoms with van der Waals surface area (Å²) in [4.78, 5) is 35.6. The summed E-state index contributed by atoms with van der Waals surface area (Å²) in [7, 11) is 3.29. The second-order valence-corrected chi connectivity index (χ2v) is 6.22. The van der Waals surface area contributed by atoms with Gasteiger partial charge in [-0.15, -0.1) is 0 Å². The Balaban J connectivity index is 2.13. The number of benzene rings is 2. The highest BCUT2D eigenvalue weighted by molar-refractivity contribution is 6.06. The highest BCUT2D eigenvalue weighted by atomic mass is 16.6. The van der Waals surface area contributed by atoms with Crippen molar-refractivity contribution >= 4 is 23.5 Å². The molecular weight excluding hydrogens is 376 g/mol. The summed E-state index contributed by atoms with van der Waals surface area (Å²) < 4.78 is 11.1. The van der Waals surface area contributed by atoms with E-state index in [1.54, 1.807) is 38.4 Å². The van der Waals surface area contributed by atoms with Gasteiger partial charge in [-0.05, 0) is 42.8 Å². The lowest BCUT2D eigenvalue weighted by Crippen LogP contribution is -2.27. The standard InChI is InChI=1S/C21H22N2O6/c1-4-28-20-13-15(6-12-19(20)29-14-21(25)22(2)3)5-11-18(24)16-7-9-17(10-8-16)23(26)27/h5-13H,4,14H2,1-3H3/b11-5+. The van der Waals surface area contributed by atoms with Crippen LogP contribution in [0.5, 0.6) is 11.5 Å². The van der Waals surface area contributed by atoms with E-state index in [9.17, 15) is 19.7 Å². The SMILES string of the molecule is CCOc1cc(/C=C/C(=O)c2ccc([N+](=O)[O-])cc2)ccc1OCC(=O)N(C)C. The van der Waals surface area contributed by atoms with Crippen LogP contribution in [-0.2, 0) is 4.79 Å². The van der Waals surface area contributed by atoms with Gasteiger partial charge >= 0.3 is 0 Å². The van der Waals surface area contributed by atoms with Crippen LogP contribution in [0.4, 0.5) is 5.69 Å². The number of nitrogens with zero attached hydrogens (tertiary/aromatic N) is 2. The minimum absolute atomic E-state index is 0.0739. The van der Waals surface area contributed by atoms with Crippen molar-refractivity contribution in [1.82, 2.24) is 4.90 Å². The van der Waals surface area contributed by atoms with Gasteiger partial charge in [-0.2, -0.15) is 0 Å². The fourth-order valence-electron chi connectivity index (χ4n) is 2.30. The van der Waals surface area contributed by atoms with Crippen molar-refractivity contribution in [2.75, 3.05) is 27.3 Å². The minimum Gasteiger partial charge on any atom is -0.490 e. The molecule has 0 aliphatic heterocycles. The summed E-state index contributed by atoms with van der Waals surface area (Å²) >= 11 is 0. The maximum absolute atomic E-state index is 12.3. The molecule has 0 aliphatic rings. The summed E-state index contributed by atoms with van der Waals surface area (Å²) in [5.74, 6) is 0.435. The average molecular weight is 398 g/mol. The number of ether oxygens (including phenoxy) is 2. The molecule has 29 heavy (non-hydrogen) atoms. The smallest absolute Gasteiger partial charge is 0.269 e. The lowest BCUT2D eigenvalue weighted by Gasteiger charge is -2.14. The van der Waals surface area contributed by atoms with Gasteiger partial charge in [-0.3, -0.25) is 19.7 Å². The predicted molar refractivity (Wildman–Crippen MR) is 108 cm³/mol. The van der Waals surface area contributed by atoms with E-state index in [4.69, 9.17) is 9.47 Å². The number of amides is 1. The third-order valence-electron chi connectivity index (χ3n) is 3.91. The number of hydrogen-bond acceptors (Lipinski definition) is 6. The molecule has 2 aromatic carbocycles. The van der Waals surface area contributed by atoms with Crippen LogP contribution in [0.15, 0.2) is 48.5 Å². The van der Waals surface area contributed by atoms with Crippen LogP contribution in [-0.4, -0.2) is 48.8 Å². The van der Waals surface area contributed by atoms with Crippen LogP contribution < -0.4 is 9.47 Å². The van der Waals surface area contributed by atoms with Gasteiger partial charge < -0.3 is 14.4 Å². The van der Waals surface area contributed by atoms with E-state index in [0.717, 1.165) is 0 Å². The second-order valence-electron chi connectivity index (χ2n) is 6.22. The normalized spacial score (nSPS) is 10.6. The summed E-state index contributed by atoms with van der Waals surface area (Å²) in [6, 6.07) is 10.5. The van der Waals surface area contributed by atoms with Crippen molar-refractivity contribution in [3.63, 3.8) is 0 Å². The van der Waals surface area contributed by atoms with Crippen LogP contribution >= 0.6 is 0 Å². The summed E-state index contributed by atoms with van der Waals surface area (Å²) in [5, 5.41) is 10.7. The average Bonchev–Trinajstić information content (AvgIpc) is 2.71. The van der Waals surface area contributed by atoms with Gasteiger partial charge in [0.2, 0.25) is 0 Å². The molecule has 152 valence electrons. The Morgan fingerprint density at radius 2 is 1.76 bits per heavy atom. The molecule has 8 heteroatoms. The molecule has 0 saturated carbocycles. The Labute approximate surface area is 168 Å². The molecule has 0 unspecified atom stereocenters. The number of ketones is 1. The first-order valence-electron chi connectivity index (χ1n) is 8.88. The van der Waals surface area contributed by atoms with Crippen molar-refractivity contribution in [3.05, 3.63) is 69.8 Å². The summed E-state index contributed by atoms with van der Waals surface area (Å²) in [6.45, 7) is 2.13. The van der Waals surface area contributed by atoms with Crippen LogP contribution in [0.2, 0.25) is 0 Å². The number of nitro benzene ring substituents is 1. The minimum atomic E-state index is -0.519. The van der Waals surface area contributed by atoms with Crippen LogP contribution in [0, 0.1) is 10.1 Å². The molecule has 2 aromatic rings. The topological polar surface area (TPSA) is 99.0 Å². The highest BCUT2D eigenvalue weighted by Crippen LogP contribution is 2.29. The third-order valence-corrected chi connectivity index (χ3v) is 3.91. The molecule has 2 rings (SSSR count). The van der Waals surface area contributed by atoms with Gasteiger partial charge in [0.05, 0.1) is 11.5 Å². The molecule has 0 spiro atoms. The maximum Gasteiger partial charge on any atom is 0.269 e. The molecule has 0 fully saturated rings. The number of hydrogen-bond donors (Lipinski definition) is 0. The van der Waals surface area contributed by atoms with E-state index in [0.29, 0.717) is 29.2 Å². The van der Waals surface area contributed by atoms with E-state index in [1.807, 2.05) is 6.92 Å². The Bertz CT molecular complexity index is 919. The zero-order valence-electron chi connectivity index (χ0n) is 16.5. The van der Waals surface area contributed by atoms with Crippen molar-refractivity contribution in [2.24, 2.45) is 0 Å². The first-order valence-corrected chi connectivity index (χ1v) is 8.88. The quantitative estimate of drug-likeness (QED) is 0.278. The van der Waals surface area contributed by atoms with Gasteiger partial charge in [0, 0.05) is 31.8 Å². The molecular formula is C21H22N2O6. The van der Waals surface area contributed by atoms with Crippen LogP contribution in [0.3, 0.4) is 0 Å². The van der Waals surface area contributed by atoms with E-state index in [2.05, 4.69) is 0 Å². The number of nitro groups is 1. The molecule has 0 saturated heterocycles. The Kier molecular flexibility index (Phi) is 7.47. The van der Waals surface area contributed by atoms with Gasteiger partial charge in [0.15, 0.2) is 23.9 Å². The Morgan fingerprint density at radius 3 is 2.34 bits per heavy atom. The molecule has 0 aromatic heterocycles. The van der Waals surface area contributed by atoms with Crippen molar-refractivity contribution in [3.8, 4) is 11.5 Å². The molecule has 0 radical (unpaired) electrons. The lowest BCUT2D eigenvalue weighted by molar-refractivity contribution is -0.384. The number of allylic oxidation sites excluding steroid dienone is 1. The molecule has 0 aliphatic carbocycles. The van der Waals surface area contributed by atoms with Gasteiger partial charge in [-0.25, -0.2) is 0 Å². The van der Waals surface area contributed by atoms with Crippen molar-refractivity contribution < 1.29 is 24.0 Å². The van der Waals surface area contributed by atoms with Crippen LogP contribution in [0.1, 0.15) is 22.8 Å². The summed E-state index contributed by atoms with van der Waals surface area (Å²) in [6.07, 6.45) is 2.99. The number of non-ortho nitro benzene ring substituents is 1. The van der Waals surface area contributed by atoms with E-state index in [-0.39, 0.29) is 24.0 Å². The fourth-order valence-corrected chi connectivity index (χ4v) is 2.30. The zero-order chi connectivity index (χ0) is 21.4. The van der Waals surface area contributed by atoms with Gasteiger partial charge in [0.1, 0.15) is 0 Å². The molecule has 1 amide bonds. The first-order chi connectivity index (χ1) is 13.8. The number of carbonyl (C=O) groups is 2. The fraction of sp³-hybridized carbons (Fsp3) is 0.238. The number of carbonyl (C=O) groups excluding carboxylic acids is 2. The van der Waals surface area contributed by atoms with Gasteiger partial charge in [0.25, 0.3) is 11.6 Å². The van der Waals surface area contributed by atoms with Crippen molar-refractivity contribution in [2.45, 2.75) is 6.92 Å². The number of rotatable bonds is 9. The highest BCUT2D eigenvalue weighted by Gasteiger charge is 2.11. The monoisotopic (exact) mass is 398 g/mol. The lowest BCUT2D eigenvalue weighted by atomic mass is 10.1. The maximum atomic E-state index is 12.3. The van der Waals surface area contributed by atoms with E-state index >= 15 is 0 Å². The van der Waals surface area contributed by atoms with E-state index < -0.39 is 4.92 Å². The molecule has 0 bridgehead atoms. The largest absolute Gasteiger partial charge is 0.490 e. The first kappa shape index (κ1) is 21.6. The third kappa shape index (κ3) is 6.17. The van der Waals surface area contributed by atoms with Crippen molar-refractivity contribution in [1.29, 1.82) is 0 Å². The predicted octanol–water partition coefficient (Wildman–Crippen LogP) is 3.36. The molecule has 0 atom stereocenters. The van der Waals surface area contributed by atoms with Gasteiger partial charge in [-0.1, -0.05) is 12.1 Å². The van der Waals surface area contributed by atoms with Crippen LogP contribution in [0.25, 0.3) is 6.08 Å². The van der Waals surface area contributed by atoms with E-state index in [1.165, 1.54) is 35.2 Å².